The topological polar surface area (TPSA) is 8.17 Å². The summed E-state index contributed by atoms with van der Waals surface area (Å²) in [5.74, 6) is 0. The molecule has 0 bridgehead atoms. The highest BCUT2D eigenvalue weighted by atomic mass is 15.1. The van der Waals surface area contributed by atoms with Gasteiger partial charge >= 0.3 is 0 Å². The molecule has 8 aromatic carbocycles. The lowest BCUT2D eigenvalue weighted by Crippen LogP contribution is -2.15. The summed E-state index contributed by atoms with van der Waals surface area (Å²) in [6, 6.07) is 67.5. The summed E-state index contributed by atoms with van der Waals surface area (Å²) in [5.41, 5.74) is 20.3. The molecular formula is C54H42N2. The zero-order valence-electron chi connectivity index (χ0n) is 32.2. The lowest BCUT2D eigenvalue weighted by Gasteiger charge is -2.27. The number of rotatable bonds is 5. The Hall–Kier alpha value is -6.64. The first-order chi connectivity index (χ1) is 27.3. The first-order valence-corrected chi connectivity index (χ1v) is 19.8. The van der Waals surface area contributed by atoms with Gasteiger partial charge in [0.25, 0.3) is 0 Å². The van der Waals surface area contributed by atoms with E-state index in [2.05, 4.69) is 219 Å². The van der Waals surface area contributed by atoms with Crippen molar-refractivity contribution >= 4 is 38.9 Å². The Balaban J connectivity index is 1.04. The van der Waals surface area contributed by atoms with E-state index in [-0.39, 0.29) is 10.8 Å². The number of hydrogen-bond acceptors (Lipinski definition) is 1. The molecule has 0 unspecified atom stereocenters. The van der Waals surface area contributed by atoms with Crippen LogP contribution in [0, 0.1) is 0 Å². The Labute approximate surface area is 328 Å². The van der Waals surface area contributed by atoms with Gasteiger partial charge in [-0.05, 0) is 122 Å². The molecule has 268 valence electrons. The van der Waals surface area contributed by atoms with E-state index < -0.39 is 0 Å². The van der Waals surface area contributed by atoms with Crippen LogP contribution < -0.4 is 4.90 Å². The SMILES string of the molecule is CC1(C)c2ccccc2-c2cc(N(c3ccccc3)c3cccc(-c4ccc5c(c4)c4ccccc4n5-c4ccc5c(c4)-c4ccccc4C5(C)C)c3)ccc21. The standard InChI is InChI=1S/C54H42N2/c1-53(2)47-22-11-8-19-41(47)44-33-39(26-28-49(44)53)55(37-16-6-5-7-17-37)38-18-14-15-35(31-38)36-25-30-52-46(32-36)43-21-10-13-24-51(43)56(52)40-27-29-50-45(34-40)42-20-9-12-23-48(42)54(50,3)4/h5-34H,1-4H3. The van der Waals surface area contributed by atoms with E-state index in [1.54, 1.807) is 0 Å². The van der Waals surface area contributed by atoms with Crippen LogP contribution in [0.25, 0.3) is 60.9 Å². The maximum atomic E-state index is 2.45. The molecule has 2 aliphatic carbocycles. The van der Waals surface area contributed by atoms with E-state index in [1.807, 2.05) is 0 Å². The largest absolute Gasteiger partial charge is 0.310 e. The summed E-state index contributed by atoms with van der Waals surface area (Å²) in [5, 5.41) is 2.51. The number of aromatic nitrogens is 1. The Morgan fingerprint density at radius 3 is 1.66 bits per heavy atom. The summed E-state index contributed by atoms with van der Waals surface area (Å²) >= 11 is 0. The van der Waals surface area contributed by atoms with Gasteiger partial charge in [0.05, 0.1) is 11.0 Å². The fourth-order valence-electron chi connectivity index (χ4n) is 9.97. The van der Waals surface area contributed by atoms with E-state index in [1.165, 1.54) is 83.1 Å². The average Bonchev–Trinajstić information content (AvgIpc) is 3.78. The number of fused-ring (bicyclic) bond motifs is 9. The molecule has 2 aliphatic rings. The van der Waals surface area contributed by atoms with Gasteiger partial charge in [-0.3, -0.25) is 0 Å². The van der Waals surface area contributed by atoms with E-state index in [9.17, 15) is 0 Å². The smallest absolute Gasteiger partial charge is 0.0541 e. The molecule has 2 nitrogen and oxygen atoms in total. The van der Waals surface area contributed by atoms with Gasteiger partial charge in [-0.1, -0.05) is 143 Å². The van der Waals surface area contributed by atoms with Crippen LogP contribution >= 0.6 is 0 Å². The van der Waals surface area contributed by atoms with Crippen molar-refractivity contribution < 1.29 is 0 Å². The maximum Gasteiger partial charge on any atom is 0.0541 e. The van der Waals surface area contributed by atoms with Crippen LogP contribution in [0.2, 0.25) is 0 Å². The van der Waals surface area contributed by atoms with Gasteiger partial charge in [-0.15, -0.1) is 0 Å². The highest BCUT2D eigenvalue weighted by molar-refractivity contribution is 6.10. The van der Waals surface area contributed by atoms with Crippen molar-refractivity contribution in [2.75, 3.05) is 4.90 Å². The second-order valence-corrected chi connectivity index (χ2v) is 16.6. The number of nitrogens with zero attached hydrogens (tertiary/aromatic N) is 2. The normalized spacial score (nSPS) is 14.4. The average molecular weight is 719 g/mol. The first-order valence-electron chi connectivity index (χ1n) is 19.8. The fourth-order valence-corrected chi connectivity index (χ4v) is 9.97. The third kappa shape index (κ3) is 4.69. The molecule has 0 spiro atoms. The van der Waals surface area contributed by atoms with Crippen LogP contribution in [0.1, 0.15) is 49.9 Å². The summed E-state index contributed by atoms with van der Waals surface area (Å²) in [6.45, 7) is 9.38. The van der Waals surface area contributed by atoms with Gasteiger partial charge in [0, 0.05) is 44.4 Å². The second kappa shape index (κ2) is 11.9. The lowest BCUT2D eigenvalue weighted by atomic mass is 9.82. The second-order valence-electron chi connectivity index (χ2n) is 16.6. The van der Waals surface area contributed by atoms with Crippen LogP contribution in [0.4, 0.5) is 17.1 Å². The minimum atomic E-state index is -0.0351. The number of anilines is 3. The van der Waals surface area contributed by atoms with Crippen molar-refractivity contribution in [3.05, 3.63) is 204 Å². The van der Waals surface area contributed by atoms with E-state index in [0.29, 0.717) is 0 Å². The van der Waals surface area contributed by atoms with Gasteiger partial charge in [0.15, 0.2) is 0 Å². The van der Waals surface area contributed by atoms with Gasteiger partial charge in [0.2, 0.25) is 0 Å². The third-order valence-electron chi connectivity index (χ3n) is 12.8. The van der Waals surface area contributed by atoms with Crippen molar-refractivity contribution in [3.63, 3.8) is 0 Å². The molecule has 0 atom stereocenters. The van der Waals surface area contributed by atoms with Crippen molar-refractivity contribution in [1.82, 2.24) is 4.57 Å². The monoisotopic (exact) mass is 718 g/mol. The summed E-state index contributed by atoms with van der Waals surface area (Å²) < 4.78 is 2.45. The molecule has 0 amide bonds. The molecular weight excluding hydrogens is 677 g/mol. The van der Waals surface area contributed by atoms with Gasteiger partial charge in [-0.2, -0.15) is 0 Å². The highest BCUT2D eigenvalue weighted by Gasteiger charge is 2.36. The molecule has 9 aromatic rings. The predicted molar refractivity (Wildman–Crippen MR) is 236 cm³/mol. The molecule has 1 heterocycles. The Kier molecular flexibility index (Phi) is 6.98. The van der Waals surface area contributed by atoms with Crippen molar-refractivity contribution in [2.45, 2.75) is 38.5 Å². The molecule has 0 fully saturated rings. The zero-order chi connectivity index (χ0) is 37.8. The lowest BCUT2D eigenvalue weighted by molar-refractivity contribution is 0.660. The highest BCUT2D eigenvalue weighted by Crippen LogP contribution is 2.52. The number of benzene rings is 8. The van der Waals surface area contributed by atoms with Crippen molar-refractivity contribution in [1.29, 1.82) is 0 Å². The fraction of sp³-hybridized carbons (Fsp3) is 0.111. The van der Waals surface area contributed by atoms with Crippen molar-refractivity contribution in [3.8, 4) is 39.1 Å². The zero-order valence-corrected chi connectivity index (χ0v) is 32.2. The molecule has 0 saturated heterocycles. The van der Waals surface area contributed by atoms with E-state index in [0.717, 1.165) is 17.1 Å². The molecule has 0 N–H and O–H groups in total. The minimum absolute atomic E-state index is 0.0201. The molecule has 0 saturated carbocycles. The Morgan fingerprint density at radius 2 is 0.911 bits per heavy atom. The Morgan fingerprint density at radius 1 is 0.357 bits per heavy atom. The summed E-state index contributed by atoms with van der Waals surface area (Å²) in [6.07, 6.45) is 0. The van der Waals surface area contributed by atoms with Crippen LogP contribution in [0.5, 0.6) is 0 Å². The Bertz CT molecular complexity index is 3030. The predicted octanol–water partition coefficient (Wildman–Crippen LogP) is 14.5. The summed E-state index contributed by atoms with van der Waals surface area (Å²) in [4.78, 5) is 2.40. The van der Waals surface area contributed by atoms with Crippen LogP contribution in [0.3, 0.4) is 0 Å². The third-order valence-corrected chi connectivity index (χ3v) is 12.8. The number of para-hydroxylation sites is 2. The van der Waals surface area contributed by atoms with Gasteiger partial charge in [0.1, 0.15) is 0 Å². The number of hydrogen-bond donors (Lipinski definition) is 0. The van der Waals surface area contributed by atoms with E-state index >= 15 is 0 Å². The molecule has 56 heavy (non-hydrogen) atoms. The van der Waals surface area contributed by atoms with Gasteiger partial charge < -0.3 is 9.47 Å². The van der Waals surface area contributed by atoms with E-state index in [4.69, 9.17) is 0 Å². The van der Waals surface area contributed by atoms with Crippen LogP contribution in [0.15, 0.2) is 182 Å². The molecule has 0 aliphatic heterocycles. The van der Waals surface area contributed by atoms with Gasteiger partial charge in [-0.25, -0.2) is 0 Å². The minimum Gasteiger partial charge on any atom is -0.310 e. The molecule has 0 radical (unpaired) electrons. The molecule has 2 heteroatoms. The summed E-state index contributed by atoms with van der Waals surface area (Å²) in [7, 11) is 0. The molecule has 11 rings (SSSR count). The quantitative estimate of drug-likeness (QED) is 0.172. The maximum absolute atomic E-state index is 2.45. The van der Waals surface area contributed by atoms with Crippen LogP contribution in [-0.4, -0.2) is 4.57 Å². The molecule has 1 aromatic heterocycles. The first kappa shape index (κ1) is 32.8. The van der Waals surface area contributed by atoms with Crippen molar-refractivity contribution in [2.24, 2.45) is 0 Å². The van der Waals surface area contributed by atoms with Crippen LogP contribution in [-0.2, 0) is 10.8 Å².